The van der Waals surface area contributed by atoms with Crippen LogP contribution in [0, 0.1) is 5.41 Å². The first-order valence-electron chi connectivity index (χ1n) is 8.65. The van der Waals surface area contributed by atoms with E-state index in [1.54, 1.807) is 12.1 Å². The normalized spacial score (nSPS) is 22.3. The molecule has 1 aliphatic carbocycles. The van der Waals surface area contributed by atoms with Crippen molar-refractivity contribution in [2.75, 3.05) is 7.11 Å². The number of hydrogen-bond donors (Lipinski definition) is 2. The molecule has 2 N–H and O–H groups in total. The van der Waals surface area contributed by atoms with E-state index in [0.717, 1.165) is 24.0 Å². The molecule has 1 aromatic heterocycles. The van der Waals surface area contributed by atoms with Gasteiger partial charge in [-0.15, -0.1) is 0 Å². The molecule has 2 aromatic rings. The zero-order valence-electron chi connectivity index (χ0n) is 14.9. The molecule has 2 atom stereocenters. The van der Waals surface area contributed by atoms with Crippen LogP contribution in [-0.4, -0.2) is 27.9 Å². The summed E-state index contributed by atoms with van der Waals surface area (Å²) in [5.41, 5.74) is 1.68. The van der Waals surface area contributed by atoms with Crippen LogP contribution >= 0.6 is 0 Å². The molecule has 2 heterocycles. The molecule has 26 heavy (non-hydrogen) atoms. The highest BCUT2D eigenvalue weighted by atomic mass is 16.5. The average Bonchev–Trinajstić information content (AvgIpc) is 2.89. The number of methoxy groups -OCH3 is 1. The maximum absolute atomic E-state index is 12.3. The Kier molecular flexibility index (Phi) is 3.45. The Morgan fingerprint density at radius 3 is 2.69 bits per heavy atom. The first kappa shape index (κ1) is 16.7. The van der Waals surface area contributed by atoms with Gasteiger partial charge in [-0.2, -0.15) is 0 Å². The summed E-state index contributed by atoms with van der Waals surface area (Å²) in [6.45, 7) is 4.32. The molecule has 0 radical (unpaired) electrons. The second-order valence-corrected chi connectivity index (χ2v) is 7.84. The lowest BCUT2D eigenvalue weighted by molar-refractivity contribution is 0.0693. The molecule has 6 nitrogen and oxygen atoms in total. The second-order valence-electron chi connectivity index (χ2n) is 7.84. The van der Waals surface area contributed by atoms with Gasteiger partial charge in [0.25, 0.3) is 0 Å². The highest BCUT2D eigenvalue weighted by Gasteiger charge is 2.47. The summed E-state index contributed by atoms with van der Waals surface area (Å²) < 4.78 is 7.18. The van der Waals surface area contributed by atoms with Crippen molar-refractivity contribution in [3.05, 3.63) is 45.7 Å². The van der Waals surface area contributed by atoms with Gasteiger partial charge < -0.3 is 19.5 Å². The van der Waals surface area contributed by atoms with Crippen molar-refractivity contribution in [2.24, 2.45) is 5.41 Å². The van der Waals surface area contributed by atoms with Crippen LogP contribution < -0.4 is 10.2 Å². The van der Waals surface area contributed by atoms with E-state index in [1.165, 1.54) is 19.4 Å². The fourth-order valence-corrected chi connectivity index (χ4v) is 4.71. The number of fused-ring (bicyclic) bond motifs is 6. The first-order valence-corrected chi connectivity index (χ1v) is 8.65. The summed E-state index contributed by atoms with van der Waals surface area (Å²) >= 11 is 0. The van der Waals surface area contributed by atoms with Crippen molar-refractivity contribution >= 4 is 5.97 Å². The minimum Gasteiger partial charge on any atom is -0.504 e. The number of phenolic OH excluding ortho intramolecular Hbond substituents is 1. The van der Waals surface area contributed by atoms with Crippen LogP contribution in [-0.2, 0) is 0 Å². The molecule has 4 rings (SSSR count). The zero-order chi connectivity index (χ0) is 18.8. The molecule has 0 bridgehead atoms. The molecular weight excluding hydrogens is 334 g/mol. The van der Waals surface area contributed by atoms with E-state index in [9.17, 15) is 19.8 Å². The topological polar surface area (TPSA) is 88.8 Å². The number of nitrogens with zero attached hydrogens (tertiary/aromatic N) is 1. The summed E-state index contributed by atoms with van der Waals surface area (Å²) in [5, 5.41) is 19.7. The number of aromatic nitrogens is 1. The number of aromatic carboxylic acids is 1. The van der Waals surface area contributed by atoms with E-state index < -0.39 is 11.4 Å². The van der Waals surface area contributed by atoms with E-state index in [1.807, 2.05) is 4.57 Å². The highest BCUT2D eigenvalue weighted by Crippen LogP contribution is 2.59. The first-order chi connectivity index (χ1) is 12.2. The fraction of sp³-hybridized carbons (Fsp3) is 0.400. The predicted octanol–water partition coefficient (Wildman–Crippen LogP) is 3.39. The van der Waals surface area contributed by atoms with Gasteiger partial charge in [0.05, 0.1) is 12.8 Å². The lowest BCUT2D eigenvalue weighted by atomic mass is 9.77. The summed E-state index contributed by atoms with van der Waals surface area (Å²) in [6, 6.07) is 4.88. The summed E-state index contributed by atoms with van der Waals surface area (Å²) in [6.07, 6.45) is 3.39. The monoisotopic (exact) mass is 355 g/mol. The predicted molar refractivity (Wildman–Crippen MR) is 96.1 cm³/mol. The number of hydrogen-bond acceptors (Lipinski definition) is 4. The Hall–Kier alpha value is -2.76. The van der Waals surface area contributed by atoms with Crippen molar-refractivity contribution in [3.8, 4) is 22.8 Å². The molecule has 136 valence electrons. The fourth-order valence-electron chi connectivity index (χ4n) is 4.71. The van der Waals surface area contributed by atoms with Crippen LogP contribution in [0.15, 0.2) is 29.2 Å². The van der Waals surface area contributed by atoms with Crippen molar-refractivity contribution in [3.63, 3.8) is 0 Å². The number of ether oxygens (including phenoxy) is 1. The van der Waals surface area contributed by atoms with Crippen molar-refractivity contribution in [1.29, 1.82) is 0 Å². The minimum absolute atomic E-state index is 0.0245. The Morgan fingerprint density at radius 2 is 2.04 bits per heavy atom. The summed E-state index contributed by atoms with van der Waals surface area (Å²) in [5.74, 6) is -0.659. The second kappa shape index (κ2) is 5.37. The third kappa shape index (κ3) is 2.18. The molecule has 1 aliphatic heterocycles. The molecular formula is C20H21NO5. The van der Waals surface area contributed by atoms with Gasteiger partial charge >= 0.3 is 5.97 Å². The summed E-state index contributed by atoms with van der Waals surface area (Å²) in [4.78, 5) is 23.8. The Morgan fingerprint density at radius 1 is 1.31 bits per heavy atom. The Bertz CT molecular complexity index is 988. The van der Waals surface area contributed by atoms with Gasteiger partial charge in [0.1, 0.15) is 5.56 Å². The van der Waals surface area contributed by atoms with Crippen molar-refractivity contribution < 1.29 is 19.7 Å². The van der Waals surface area contributed by atoms with Gasteiger partial charge in [-0.3, -0.25) is 4.79 Å². The Balaban J connectivity index is 2.07. The van der Waals surface area contributed by atoms with Crippen LogP contribution in [0.25, 0.3) is 11.3 Å². The van der Waals surface area contributed by atoms with Gasteiger partial charge in [-0.05, 0) is 36.0 Å². The maximum Gasteiger partial charge on any atom is 0.341 e. The highest BCUT2D eigenvalue weighted by molar-refractivity contribution is 5.88. The number of rotatable bonds is 2. The summed E-state index contributed by atoms with van der Waals surface area (Å²) in [7, 11) is 1.48. The number of carboxylic acids is 1. The molecule has 2 aliphatic rings. The molecule has 0 spiro atoms. The third-order valence-corrected chi connectivity index (χ3v) is 5.92. The quantitative estimate of drug-likeness (QED) is 0.862. The van der Waals surface area contributed by atoms with Crippen molar-refractivity contribution in [2.45, 2.75) is 38.6 Å². The standard InChI is InChI=1S/C20H21NO5/c1-20(2)5-4-10-11-6-16(23)17(26-3)7-12(11)14-8-15(22)13(19(24)25)9-21(14)18(10)20/h6-10,18,23H,4-5H2,1-3H3,(H,24,25)/t10-,18+/m0/s1. The lowest BCUT2D eigenvalue weighted by Gasteiger charge is -2.39. The molecule has 1 saturated carbocycles. The maximum atomic E-state index is 12.3. The van der Waals surface area contributed by atoms with E-state index in [4.69, 9.17) is 4.74 Å². The van der Waals surface area contributed by atoms with Crippen LogP contribution in [0.3, 0.4) is 0 Å². The van der Waals surface area contributed by atoms with Crippen LogP contribution in [0.1, 0.15) is 54.6 Å². The molecule has 0 saturated heterocycles. The molecule has 1 fully saturated rings. The third-order valence-electron chi connectivity index (χ3n) is 5.92. The van der Waals surface area contributed by atoms with E-state index in [0.29, 0.717) is 11.4 Å². The molecule has 0 unspecified atom stereocenters. The minimum atomic E-state index is -1.22. The van der Waals surface area contributed by atoms with Gasteiger partial charge in [0.15, 0.2) is 16.9 Å². The van der Waals surface area contributed by atoms with Gasteiger partial charge in [0, 0.05) is 29.8 Å². The number of phenols is 1. The van der Waals surface area contributed by atoms with E-state index >= 15 is 0 Å². The molecule has 6 heteroatoms. The van der Waals surface area contributed by atoms with Crippen LogP contribution in [0.5, 0.6) is 11.5 Å². The number of carbonyl (C=O) groups is 1. The smallest absolute Gasteiger partial charge is 0.341 e. The molecule has 1 aromatic carbocycles. The number of aromatic hydroxyl groups is 1. The zero-order valence-corrected chi connectivity index (χ0v) is 14.9. The van der Waals surface area contributed by atoms with Gasteiger partial charge in [0.2, 0.25) is 0 Å². The largest absolute Gasteiger partial charge is 0.504 e. The van der Waals surface area contributed by atoms with Gasteiger partial charge in [-0.25, -0.2) is 4.79 Å². The van der Waals surface area contributed by atoms with E-state index in [2.05, 4.69) is 13.8 Å². The number of pyridine rings is 1. The van der Waals surface area contributed by atoms with Crippen LogP contribution in [0.4, 0.5) is 0 Å². The van der Waals surface area contributed by atoms with Gasteiger partial charge in [-0.1, -0.05) is 13.8 Å². The molecule has 0 amide bonds. The van der Waals surface area contributed by atoms with Crippen molar-refractivity contribution in [1.82, 2.24) is 4.57 Å². The van der Waals surface area contributed by atoms with E-state index in [-0.39, 0.29) is 28.7 Å². The number of carboxylic acid groups (broad SMARTS) is 1. The number of benzene rings is 1. The Labute approximate surface area is 150 Å². The van der Waals surface area contributed by atoms with Crippen LogP contribution in [0.2, 0.25) is 0 Å². The average molecular weight is 355 g/mol. The lowest BCUT2D eigenvalue weighted by Crippen LogP contribution is -2.32. The SMILES string of the molecule is COc1cc2c(cc1O)[C@@H]1CCC(C)(C)[C@@H]1n1cc(C(=O)O)c(=O)cc1-2.